The Morgan fingerprint density at radius 1 is 0.638 bits per heavy atom. The second kappa shape index (κ2) is 17.1. The molecule has 2 aliphatic rings. The molecule has 4 N–H and O–H groups in total. The Bertz CT molecular complexity index is 2280. The number of ether oxygens (including phenoxy) is 2. The summed E-state index contributed by atoms with van der Waals surface area (Å²) in [6.07, 6.45) is 7.38. The molecular formula is C43H51N9O6. The predicted molar refractivity (Wildman–Crippen MR) is 218 cm³/mol. The quantitative estimate of drug-likeness (QED) is 0.112. The molecule has 2 aromatic carbocycles. The van der Waals surface area contributed by atoms with Crippen molar-refractivity contribution in [3.63, 3.8) is 0 Å². The number of imidazole rings is 2. The summed E-state index contributed by atoms with van der Waals surface area (Å²) in [4.78, 5) is 75.7. The SMILES string of the molecule is COC(=O)NC(C(=O)N1CCCC1c1ncc(-c2ccc(-c3ccc4cc(-c5cnc(C6CCCN6C(=O)C(NC(=O)OC)C(C)C)[nH]5)cnc4c3)cc2)[nH]1)C(C)C. The van der Waals surface area contributed by atoms with Crippen LogP contribution >= 0.6 is 0 Å². The zero-order valence-electron chi connectivity index (χ0n) is 33.7. The van der Waals surface area contributed by atoms with E-state index >= 15 is 0 Å². The van der Waals surface area contributed by atoms with Crippen LogP contribution in [0.15, 0.2) is 67.1 Å². The van der Waals surface area contributed by atoms with Gasteiger partial charge in [-0.3, -0.25) is 14.6 Å². The summed E-state index contributed by atoms with van der Waals surface area (Å²) < 4.78 is 9.52. The van der Waals surface area contributed by atoms with Gasteiger partial charge < -0.3 is 39.9 Å². The van der Waals surface area contributed by atoms with Gasteiger partial charge in [0, 0.05) is 30.2 Å². The third-order valence-corrected chi connectivity index (χ3v) is 11.2. The number of pyridine rings is 1. The average Bonchev–Trinajstić information content (AvgIpc) is 4.07. The molecule has 0 bridgehead atoms. The van der Waals surface area contributed by atoms with Crippen molar-refractivity contribution in [2.75, 3.05) is 27.3 Å². The number of aromatic amines is 2. The number of hydrogen-bond donors (Lipinski definition) is 4. The maximum absolute atomic E-state index is 13.6. The molecule has 304 valence electrons. The van der Waals surface area contributed by atoms with Gasteiger partial charge in [0.05, 0.1) is 55.6 Å². The summed E-state index contributed by atoms with van der Waals surface area (Å²) >= 11 is 0. The Morgan fingerprint density at radius 2 is 1.12 bits per heavy atom. The zero-order valence-corrected chi connectivity index (χ0v) is 33.7. The summed E-state index contributed by atoms with van der Waals surface area (Å²) in [5, 5.41) is 6.37. The Kier molecular flexibility index (Phi) is 11.8. The van der Waals surface area contributed by atoms with Crippen LogP contribution in [0, 0.1) is 11.8 Å². The largest absolute Gasteiger partial charge is 0.453 e. The molecule has 15 heteroatoms. The van der Waals surface area contributed by atoms with Gasteiger partial charge in [0.2, 0.25) is 11.8 Å². The zero-order chi connectivity index (χ0) is 41.1. The van der Waals surface area contributed by atoms with Crippen LogP contribution in [-0.2, 0) is 19.1 Å². The summed E-state index contributed by atoms with van der Waals surface area (Å²) in [7, 11) is 2.58. The van der Waals surface area contributed by atoms with E-state index in [-0.39, 0.29) is 35.7 Å². The number of carbonyl (C=O) groups excluding carboxylic acids is 4. The number of methoxy groups -OCH3 is 2. The van der Waals surface area contributed by atoms with Gasteiger partial charge >= 0.3 is 12.2 Å². The van der Waals surface area contributed by atoms with Gasteiger partial charge in [-0.15, -0.1) is 0 Å². The Balaban J connectivity index is 1.02. The monoisotopic (exact) mass is 789 g/mol. The number of nitrogens with one attached hydrogen (secondary N) is 4. The van der Waals surface area contributed by atoms with Crippen LogP contribution in [0.5, 0.6) is 0 Å². The first kappa shape index (κ1) is 40.0. The van der Waals surface area contributed by atoms with Gasteiger partial charge in [-0.1, -0.05) is 64.1 Å². The molecule has 2 fully saturated rings. The molecule has 4 amide bonds. The minimum Gasteiger partial charge on any atom is -0.453 e. The summed E-state index contributed by atoms with van der Waals surface area (Å²) in [5.74, 6) is 0.906. The smallest absolute Gasteiger partial charge is 0.407 e. The normalized spacial score (nSPS) is 17.8. The minimum absolute atomic E-state index is 0.108. The van der Waals surface area contributed by atoms with Crippen molar-refractivity contribution < 1.29 is 28.7 Å². The van der Waals surface area contributed by atoms with Gasteiger partial charge in [-0.25, -0.2) is 19.6 Å². The minimum atomic E-state index is -0.698. The van der Waals surface area contributed by atoms with E-state index in [9.17, 15) is 19.2 Å². The number of carbonyl (C=O) groups is 4. The van der Waals surface area contributed by atoms with E-state index in [0.717, 1.165) is 76.1 Å². The molecule has 15 nitrogen and oxygen atoms in total. The topological polar surface area (TPSA) is 188 Å². The molecule has 0 radical (unpaired) electrons. The van der Waals surface area contributed by atoms with Crippen LogP contribution in [0.2, 0.25) is 0 Å². The second-order valence-electron chi connectivity index (χ2n) is 15.7. The lowest BCUT2D eigenvalue weighted by Gasteiger charge is -2.30. The van der Waals surface area contributed by atoms with Gasteiger partial charge in [0.1, 0.15) is 23.7 Å². The third-order valence-electron chi connectivity index (χ3n) is 11.2. The van der Waals surface area contributed by atoms with E-state index in [2.05, 4.69) is 67.0 Å². The molecule has 0 spiro atoms. The maximum atomic E-state index is 13.6. The summed E-state index contributed by atoms with van der Waals surface area (Å²) in [6.45, 7) is 8.77. The van der Waals surface area contributed by atoms with Gasteiger partial charge in [-0.05, 0) is 66.3 Å². The highest BCUT2D eigenvalue weighted by molar-refractivity contribution is 5.89. The maximum Gasteiger partial charge on any atom is 0.407 e. The van der Waals surface area contributed by atoms with Crippen LogP contribution in [0.1, 0.15) is 77.1 Å². The number of hydrogen-bond acceptors (Lipinski definition) is 9. The Morgan fingerprint density at radius 3 is 1.62 bits per heavy atom. The number of nitrogens with zero attached hydrogens (tertiary/aromatic N) is 5. The van der Waals surface area contributed by atoms with Crippen molar-refractivity contribution in [1.29, 1.82) is 0 Å². The molecule has 5 aromatic rings. The number of likely N-dealkylation sites (tertiary alicyclic amines) is 2. The summed E-state index contributed by atoms with van der Waals surface area (Å²) in [6, 6.07) is 14.7. The first-order chi connectivity index (χ1) is 27.9. The van der Waals surface area contributed by atoms with Crippen LogP contribution in [0.4, 0.5) is 9.59 Å². The van der Waals surface area contributed by atoms with Crippen LogP contribution < -0.4 is 10.6 Å². The van der Waals surface area contributed by atoms with Crippen LogP contribution in [-0.4, -0.2) is 98.1 Å². The van der Waals surface area contributed by atoms with E-state index in [1.54, 1.807) is 22.2 Å². The molecule has 58 heavy (non-hydrogen) atoms. The molecular weight excluding hydrogens is 739 g/mol. The lowest BCUT2D eigenvalue weighted by atomic mass is 10.0. The summed E-state index contributed by atoms with van der Waals surface area (Å²) in [5.41, 5.74) is 6.43. The molecule has 2 aliphatic heterocycles. The van der Waals surface area contributed by atoms with Gasteiger partial charge in [0.25, 0.3) is 0 Å². The van der Waals surface area contributed by atoms with Crippen molar-refractivity contribution in [2.45, 2.75) is 77.5 Å². The molecule has 5 heterocycles. The third kappa shape index (κ3) is 8.25. The molecule has 3 aromatic heterocycles. The van der Waals surface area contributed by atoms with Gasteiger partial charge in [-0.2, -0.15) is 0 Å². The number of rotatable bonds is 11. The highest BCUT2D eigenvalue weighted by Gasteiger charge is 2.39. The molecule has 4 unspecified atom stereocenters. The van der Waals surface area contributed by atoms with Crippen molar-refractivity contribution in [1.82, 2.24) is 45.4 Å². The lowest BCUT2D eigenvalue weighted by molar-refractivity contribution is -0.136. The van der Waals surface area contributed by atoms with E-state index in [0.29, 0.717) is 18.9 Å². The fourth-order valence-corrected chi connectivity index (χ4v) is 7.98. The van der Waals surface area contributed by atoms with E-state index in [4.69, 9.17) is 14.5 Å². The molecule has 0 saturated carbocycles. The fourth-order valence-electron chi connectivity index (χ4n) is 7.98. The van der Waals surface area contributed by atoms with Crippen molar-refractivity contribution in [2.24, 2.45) is 11.8 Å². The number of fused-ring (bicyclic) bond motifs is 1. The van der Waals surface area contributed by atoms with Crippen molar-refractivity contribution in [3.05, 3.63) is 78.8 Å². The Hall–Kier alpha value is -6.25. The van der Waals surface area contributed by atoms with E-state index in [1.807, 2.05) is 46.0 Å². The molecule has 2 saturated heterocycles. The molecule has 7 rings (SSSR count). The van der Waals surface area contributed by atoms with E-state index in [1.165, 1.54) is 14.2 Å². The number of aromatic nitrogens is 5. The van der Waals surface area contributed by atoms with E-state index < -0.39 is 24.3 Å². The highest BCUT2D eigenvalue weighted by Crippen LogP contribution is 2.35. The first-order valence-corrected chi connectivity index (χ1v) is 19.9. The van der Waals surface area contributed by atoms with Crippen molar-refractivity contribution in [3.8, 4) is 33.6 Å². The first-order valence-electron chi connectivity index (χ1n) is 19.9. The average molecular weight is 790 g/mol. The number of amides is 4. The lowest BCUT2D eigenvalue weighted by Crippen LogP contribution is -2.51. The fraction of sp³-hybridized carbons (Fsp3) is 0.419. The standard InChI is InChI=1S/C43H51N9O6/c1-24(2)36(49-42(55)57-5)40(53)51-17-7-9-34(51)38-45-22-32(47-38)27-13-11-26(12-14-27)28-15-16-29-19-30(21-44-31(29)20-28)33-23-46-39(48-33)35-10-8-18-52(35)41(54)37(25(3)4)50-43(56)58-6/h11-16,19-25,34-37H,7-10,17-18H2,1-6H3,(H,45,47)(H,46,48)(H,49,55)(H,50,56). The Labute approximate surface area is 337 Å². The molecule has 0 aliphatic carbocycles. The van der Waals surface area contributed by atoms with Crippen molar-refractivity contribution >= 4 is 34.9 Å². The van der Waals surface area contributed by atoms with Crippen LogP contribution in [0.3, 0.4) is 0 Å². The van der Waals surface area contributed by atoms with Gasteiger partial charge in [0.15, 0.2) is 0 Å². The predicted octanol–water partition coefficient (Wildman–Crippen LogP) is 6.77. The number of H-pyrrole nitrogens is 2. The second-order valence-corrected chi connectivity index (χ2v) is 15.7. The van der Waals surface area contributed by atoms with Crippen LogP contribution in [0.25, 0.3) is 44.5 Å². The number of benzene rings is 2. The highest BCUT2D eigenvalue weighted by atomic mass is 16.5. The molecule has 4 atom stereocenters. The number of alkyl carbamates (subject to hydrolysis) is 2.